The number of likely N-dealkylation sites (N-methyl/N-ethyl adjacent to an activating group) is 1. The second-order valence-corrected chi connectivity index (χ2v) is 9.95. The molecule has 0 radical (unpaired) electrons. The number of amides is 1. The van der Waals surface area contributed by atoms with Crippen molar-refractivity contribution >= 4 is 17.4 Å². The summed E-state index contributed by atoms with van der Waals surface area (Å²) in [5.41, 5.74) is 1.36. The van der Waals surface area contributed by atoms with Crippen LogP contribution in [0.4, 0.5) is 5.69 Å². The van der Waals surface area contributed by atoms with E-state index < -0.39 is 0 Å². The number of carbonyl (C=O) groups excluding carboxylic acids is 2. The lowest BCUT2D eigenvalue weighted by Crippen LogP contribution is -2.51. The number of anilines is 1. The molecule has 6 rings (SSSR count). The average Bonchev–Trinajstić information content (AvgIpc) is 3.06. The summed E-state index contributed by atoms with van der Waals surface area (Å²) >= 11 is 0. The molecule has 4 bridgehead atoms. The van der Waals surface area contributed by atoms with E-state index in [1.54, 1.807) is 12.1 Å². The Morgan fingerprint density at radius 1 is 1.07 bits per heavy atom. The van der Waals surface area contributed by atoms with Crippen LogP contribution < -0.4 is 14.8 Å². The molecule has 0 saturated heterocycles. The van der Waals surface area contributed by atoms with Crippen molar-refractivity contribution in [2.75, 3.05) is 32.2 Å². The van der Waals surface area contributed by atoms with Gasteiger partial charge in [-0.1, -0.05) is 0 Å². The number of fused-ring (bicyclic) bond motifs is 1. The first-order valence-electron chi connectivity index (χ1n) is 10.8. The van der Waals surface area contributed by atoms with Crippen molar-refractivity contribution in [3.05, 3.63) is 17.7 Å². The molecule has 156 valence electrons. The van der Waals surface area contributed by atoms with E-state index in [1.807, 2.05) is 7.05 Å². The van der Waals surface area contributed by atoms with Crippen molar-refractivity contribution in [1.82, 2.24) is 4.90 Å². The fraction of sp³-hybridized carbons (Fsp3) is 0.652. The topological polar surface area (TPSA) is 67.9 Å². The summed E-state index contributed by atoms with van der Waals surface area (Å²) in [6, 6.07) is 3.34. The Morgan fingerprint density at radius 2 is 1.66 bits per heavy atom. The molecule has 0 atom stereocenters. The van der Waals surface area contributed by atoms with Gasteiger partial charge in [0.25, 0.3) is 0 Å². The number of hydrogen-bond acceptors (Lipinski definition) is 5. The highest BCUT2D eigenvalue weighted by Gasteiger charge is 2.51. The number of ether oxygens (including phenoxy) is 2. The smallest absolute Gasteiger partial charge is 0.238 e. The van der Waals surface area contributed by atoms with Crippen LogP contribution in [0.1, 0.15) is 55.8 Å². The molecule has 6 heteroatoms. The van der Waals surface area contributed by atoms with Gasteiger partial charge in [-0.25, -0.2) is 0 Å². The summed E-state index contributed by atoms with van der Waals surface area (Å²) in [7, 11) is 2.05. The number of benzene rings is 1. The SMILES string of the molecule is CC(=O)c1cc2c(cc1NC(=O)CN(C)CC13CC4CC(CC(C4)C1)C3)OCO2. The van der Waals surface area contributed by atoms with Gasteiger partial charge in [-0.3, -0.25) is 14.5 Å². The van der Waals surface area contributed by atoms with E-state index in [2.05, 4.69) is 10.2 Å². The summed E-state index contributed by atoms with van der Waals surface area (Å²) in [6.45, 7) is 2.95. The van der Waals surface area contributed by atoms with Gasteiger partial charge in [-0.15, -0.1) is 0 Å². The van der Waals surface area contributed by atoms with Crippen molar-refractivity contribution in [1.29, 1.82) is 0 Å². The van der Waals surface area contributed by atoms with Gasteiger partial charge in [0.05, 0.1) is 12.2 Å². The fourth-order valence-corrected chi connectivity index (χ4v) is 6.88. The van der Waals surface area contributed by atoms with Crippen LogP contribution in [0.25, 0.3) is 0 Å². The third-order valence-electron chi connectivity index (χ3n) is 7.35. The van der Waals surface area contributed by atoms with Crippen molar-refractivity contribution in [2.24, 2.45) is 23.2 Å². The molecule has 1 aliphatic heterocycles. The van der Waals surface area contributed by atoms with E-state index >= 15 is 0 Å². The number of nitrogens with zero attached hydrogens (tertiary/aromatic N) is 1. The largest absolute Gasteiger partial charge is 0.454 e. The number of carbonyl (C=O) groups is 2. The van der Waals surface area contributed by atoms with Crippen LogP contribution in [0, 0.1) is 23.2 Å². The summed E-state index contributed by atoms with van der Waals surface area (Å²) in [6.07, 6.45) is 8.30. The Bertz CT molecular complexity index is 814. The van der Waals surface area contributed by atoms with Crippen molar-refractivity contribution in [3.63, 3.8) is 0 Å². The van der Waals surface area contributed by atoms with Gasteiger partial charge in [0.15, 0.2) is 17.3 Å². The second kappa shape index (κ2) is 7.01. The number of nitrogens with one attached hydrogen (secondary N) is 1. The fourth-order valence-electron chi connectivity index (χ4n) is 6.88. The first-order valence-corrected chi connectivity index (χ1v) is 10.8. The first kappa shape index (κ1) is 18.9. The number of hydrogen-bond donors (Lipinski definition) is 1. The molecular formula is C23H30N2O4. The lowest BCUT2D eigenvalue weighted by atomic mass is 9.49. The standard InChI is InChI=1S/C23H30N2O4/c1-14(26)18-6-20-21(29-13-28-20)7-19(18)24-22(27)11-25(2)12-23-8-15-3-16(9-23)5-17(4-15)10-23/h6-7,15-17H,3-5,8-13H2,1-2H3,(H,24,27). The number of rotatable bonds is 6. The van der Waals surface area contributed by atoms with Crippen molar-refractivity contribution < 1.29 is 19.1 Å². The summed E-state index contributed by atoms with van der Waals surface area (Å²) in [5.74, 6) is 3.64. The number of ketones is 1. The third kappa shape index (κ3) is 3.63. The van der Waals surface area contributed by atoms with Crippen LogP contribution in [0.5, 0.6) is 11.5 Å². The molecule has 0 spiro atoms. The lowest BCUT2D eigenvalue weighted by molar-refractivity contribution is -0.118. The highest BCUT2D eigenvalue weighted by molar-refractivity contribution is 6.05. The van der Waals surface area contributed by atoms with Crippen LogP contribution in [-0.4, -0.2) is 43.5 Å². The quantitative estimate of drug-likeness (QED) is 0.740. The average molecular weight is 399 g/mol. The summed E-state index contributed by atoms with van der Waals surface area (Å²) < 4.78 is 10.8. The monoisotopic (exact) mass is 398 g/mol. The van der Waals surface area contributed by atoms with E-state index in [9.17, 15) is 9.59 Å². The Kier molecular flexibility index (Phi) is 4.57. The van der Waals surface area contributed by atoms with E-state index in [0.29, 0.717) is 34.7 Å². The maximum atomic E-state index is 12.7. The van der Waals surface area contributed by atoms with E-state index in [1.165, 1.54) is 45.4 Å². The molecule has 4 fully saturated rings. The Labute approximate surface area is 171 Å². The molecule has 1 aromatic carbocycles. The predicted molar refractivity (Wildman–Crippen MR) is 109 cm³/mol. The Balaban J connectivity index is 1.24. The molecule has 1 aromatic rings. The Hall–Kier alpha value is -2.08. The van der Waals surface area contributed by atoms with Crippen LogP contribution >= 0.6 is 0 Å². The van der Waals surface area contributed by atoms with Gasteiger partial charge in [0.1, 0.15) is 0 Å². The molecule has 6 nitrogen and oxygen atoms in total. The minimum atomic E-state index is -0.111. The molecule has 1 heterocycles. The molecule has 0 unspecified atom stereocenters. The highest BCUT2D eigenvalue weighted by atomic mass is 16.7. The highest BCUT2D eigenvalue weighted by Crippen LogP contribution is 2.60. The van der Waals surface area contributed by atoms with Gasteiger partial charge >= 0.3 is 0 Å². The molecule has 5 aliphatic rings. The van der Waals surface area contributed by atoms with E-state index in [4.69, 9.17) is 9.47 Å². The zero-order valence-electron chi connectivity index (χ0n) is 17.3. The normalized spacial score (nSPS) is 31.3. The van der Waals surface area contributed by atoms with Crippen molar-refractivity contribution in [2.45, 2.75) is 45.4 Å². The molecule has 1 N–H and O–H groups in total. The zero-order valence-corrected chi connectivity index (χ0v) is 17.3. The first-order chi connectivity index (χ1) is 13.9. The van der Waals surface area contributed by atoms with Crippen LogP contribution in [0.3, 0.4) is 0 Å². The summed E-state index contributed by atoms with van der Waals surface area (Å²) in [4.78, 5) is 26.9. The minimum absolute atomic E-state index is 0.0985. The lowest BCUT2D eigenvalue weighted by Gasteiger charge is -2.57. The minimum Gasteiger partial charge on any atom is -0.454 e. The molecule has 4 aliphatic carbocycles. The molecule has 1 amide bonds. The Morgan fingerprint density at radius 3 is 2.24 bits per heavy atom. The third-order valence-corrected chi connectivity index (χ3v) is 7.35. The van der Waals surface area contributed by atoms with Gasteiger partial charge < -0.3 is 14.8 Å². The number of Topliss-reactive ketones (excluding diaryl/α,β-unsaturated/α-hetero) is 1. The maximum Gasteiger partial charge on any atom is 0.238 e. The van der Waals surface area contributed by atoms with Crippen LogP contribution in [-0.2, 0) is 4.79 Å². The molecule has 29 heavy (non-hydrogen) atoms. The van der Waals surface area contributed by atoms with E-state index in [-0.39, 0.29) is 18.5 Å². The van der Waals surface area contributed by atoms with Crippen LogP contribution in [0.2, 0.25) is 0 Å². The van der Waals surface area contributed by atoms with Crippen LogP contribution in [0.15, 0.2) is 12.1 Å². The van der Waals surface area contributed by atoms with Gasteiger partial charge in [-0.05, 0) is 81.7 Å². The maximum absolute atomic E-state index is 12.7. The molecule has 4 saturated carbocycles. The summed E-state index contributed by atoms with van der Waals surface area (Å²) in [5, 5.41) is 2.92. The van der Waals surface area contributed by atoms with Gasteiger partial charge in [0, 0.05) is 18.2 Å². The second-order valence-electron chi connectivity index (χ2n) is 9.95. The van der Waals surface area contributed by atoms with E-state index in [0.717, 1.165) is 24.3 Å². The molecule has 0 aromatic heterocycles. The van der Waals surface area contributed by atoms with Gasteiger partial charge in [-0.2, -0.15) is 0 Å². The predicted octanol–water partition coefficient (Wildman–Crippen LogP) is 3.70. The molecular weight excluding hydrogens is 368 g/mol. The van der Waals surface area contributed by atoms with Crippen molar-refractivity contribution in [3.8, 4) is 11.5 Å². The van der Waals surface area contributed by atoms with Gasteiger partial charge in [0.2, 0.25) is 12.7 Å². The zero-order chi connectivity index (χ0) is 20.2.